The normalized spacial score (nSPS) is 61.8. The number of hydrogen-bond acceptors (Lipinski definition) is 9. The Morgan fingerprint density at radius 1 is 0.733 bits per heavy atom. The lowest BCUT2D eigenvalue weighted by Gasteiger charge is -2.55. The minimum Gasteiger partial charge on any atom is -0.387 e. The molecule has 1 fully saturated rings. The zero-order valence-corrected chi connectivity index (χ0v) is 7.65. The highest BCUT2D eigenvalue weighted by Crippen LogP contribution is 2.35. The molecular weight excluding hydrogens is 210 g/mol. The van der Waals surface area contributed by atoms with E-state index in [0.717, 1.165) is 0 Å². The maximum Gasteiger partial charge on any atom is 0.204 e. The maximum absolute atomic E-state index is 9.49. The Hall–Kier alpha value is -0.360. The first-order chi connectivity index (χ1) is 6.48. The minimum absolute atomic E-state index is 2.06. The summed E-state index contributed by atoms with van der Waals surface area (Å²) in [6, 6.07) is 0. The summed E-state index contributed by atoms with van der Waals surface area (Å²) in [5, 5.41) is 56.1. The van der Waals surface area contributed by atoms with Gasteiger partial charge in [-0.2, -0.15) is 0 Å². The van der Waals surface area contributed by atoms with Gasteiger partial charge >= 0.3 is 0 Å². The Morgan fingerprint density at radius 3 is 1.27 bits per heavy atom. The standard InChI is InChI=1S/C6H15N3O6/c7-4(13)2(11)1(10)3(12)5(8,14)6(4,9)15/h1-3,10-15H,7-9H2/t1?,2-,3-,4+,5+,6?/m1/s1. The van der Waals surface area contributed by atoms with Gasteiger partial charge in [0, 0.05) is 0 Å². The van der Waals surface area contributed by atoms with E-state index in [4.69, 9.17) is 17.2 Å². The molecule has 0 aromatic carbocycles. The van der Waals surface area contributed by atoms with Crippen LogP contribution in [-0.2, 0) is 0 Å². The van der Waals surface area contributed by atoms with Gasteiger partial charge in [-0.1, -0.05) is 0 Å². The van der Waals surface area contributed by atoms with Gasteiger partial charge in [0.2, 0.25) is 5.72 Å². The van der Waals surface area contributed by atoms with Gasteiger partial charge in [-0.15, -0.1) is 0 Å². The quantitative estimate of drug-likeness (QED) is 0.180. The van der Waals surface area contributed by atoms with Crippen molar-refractivity contribution in [3.05, 3.63) is 0 Å². The van der Waals surface area contributed by atoms with Crippen LogP contribution in [0, 0.1) is 0 Å². The molecule has 0 amide bonds. The molecule has 0 spiro atoms. The summed E-state index contributed by atoms with van der Waals surface area (Å²) in [5.74, 6) is 0. The van der Waals surface area contributed by atoms with Crippen LogP contribution in [0.4, 0.5) is 0 Å². The predicted octanol–water partition coefficient (Wildman–Crippen LogP) is -5.98. The molecule has 1 rings (SSSR count). The molecule has 0 bridgehead atoms. The van der Waals surface area contributed by atoms with Crippen molar-refractivity contribution < 1.29 is 30.6 Å². The van der Waals surface area contributed by atoms with E-state index in [0.29, 0.717) is 0 Å². The molecule has 12 N–H and O–H groups in total. The molecule has 0 radical (unpaired) electrons. The molecule has 1 aliphatic carbocycles. The fourth-order valence-corrected chi connectivity index (χ4v) is 1.47. The Balaban J connectivity index is 3.27. The average molecular weight is 225 g/mol. The molecule has 9 heteroatoms. The van der Waals surface area contributed by atoms with Gasteiger partial charge in [0.1, 0.15) is 18.3 Å². The maximum atomic E-state index is 9.49. The van der Waals surface area contributed by atoms with Crippen LogP contribution < -0.4 is 17.2 Å². The molecule has 1 aliphatic rings. The largest absolute Gasteiger partial charge is 0.387 e. The fourth-order valence-electron chi connectivity index (χ4n) is 1.47. The van der Waals surface area contributed by atoms with Gasteiger partial charge in [0.15, 0.2) is 11.4 Å². The second-order valence-electron chi connectivity index (χ2n) is 3.80. The highest BCUT2D eigenvalue weighted by atomic mass is 16.5. The third-order valence-electron chi connectivity index (χ3n) is 2.77. The van der Waals surface area contributed by atoms with Crippen molar-refractivity contribution in [1.82, 2.24) is 0 Å². The molecule has 90 valence electrons. The van der Waals surface area contributed by atoms with Gasteiger partial charge in [-0.05, 0) is 0 Å². The second-order valence-corrected chi connectivity index (χ2v) is 3.80. The van der Waals surface area contributed by atoms with Crippen molar-refractivity contribution >= 4 is 0 Å². The van der Waals surface area contributed by atoms with E-state index >= 15 is 0 Å². The number of hydrogen-bond donors (Lipinski definition) is 9. The van der Waals surface area contributed by atoms with Crippen LogP contribution in [0.2, 0.25) is 0 Å². The summed E-state index contributed by atoms with van der Waals surface area (Å²) < 4.78 is 0. The van der Waals surface area contributed by atoms with Crippen LogP contribution in [-0.4, -0.2) is 66.1 Å². The summed E-state index contributed by atoms with van der Waals surface area (Å²) in [6.45, 7) is 0. The topological polar surface area (TPSA) is 199 Å². The van der Waals surface area contributed by atoms with Crippen molar-refractivity contribution in [3.8, 4) is 0 Å². The van der Waals surface area contributed by atoms with E-state index in [-0.39, 0.29) is 0 Å². The predicted molar refractivity (Wildman–Crippen MR) is 45.4 cm³/mol. The Morgan fingerprint density at radius 2 is 1.00 bits per heavy atom. The fraction of sp³-hybridized carbons (Fsp3) is 1.00. The zero-order valence-electron chi connectivity index (χ0n) is 7.65. The van der Waals surface area contributed by atoms with Gasteiger partial charge in [0.25, 0.3) is 0 Å². The van der Waals surface area contributed by atoms with Crippen molar-refractivity contribution in [2.75, 3.05) is 0 Å². The van der Waals surface area contributed by atoms with E-state index in [9.17, 15) is 30.6 Å². The molecule has 0 heterocycles. The first-order valence-electron chi connectivity index (χ1n) is 4.06. The summed E-state index contributed by atoms with van der Waals surface area (Å²) in [6.07, 6.45) is -6.41. The molecular formula is C6H15N3O6. The summed E-state index contributed by atoms with van der Waals surface area (Å²) in [7, 11) is 0. The van der Waals surface area contributed by atoms with Crippen LogP contribution in [0.1, 0.15) is 0 Å². The SMILES string of the molecule is NC1(O)[C@@](N)(O)[C@H](O)C(O)[C@@H](O)[C@]1(N)O. The molecule has 1 saturated carbocycles. The van der Waals surface area contributed by atoms with Crippen molar-refractivity contribution in [1.29, 1.82) is 0 Å². The first-order valence-corrected chi connectivity index (χ1v) is 4.06. The summed E-state index contributed by atoms with van der Waals surface area (Å²) in [5.41, 5.74) is 6.09. The number of nitrogens with two attached hydrogens (primary N) is 3. The molecule has 0 aromatic heterocycles. The van der Waals surface area contributed by atoms with Crippen LogP contribution in [0.25, 0.3) is 0 Å². The first kappa shape index (κ1) is 12.7. The Bertz CT molecular complexity index is 244. The Kier molecular flexibility index (Phi) is 2.60. The highest BCUT2D eigenvalue weighted by Gasteiger charge is 2.70. The Labute approximate surface area is 84.3 Å². The summed E-state index contributed by atoms with van der Waals surface area (Å²) >= 11 is 0. The molecule has 9 nitrogen and oxygen atoms in total. The third-order valence-corrected chi connectivity index (χ3v) is 2.77. The molecule has 0 saturated heterocycles. The smallest absolute Gasteiger partial charge is 0.204 e. The highest BCUT2D eigenvalue weighted by molar-refractivity contribution is 5.17. The minimum atomic E-state index is -3.10. The van der Waals surface area contributed by atoms with E-state index < -0.39 is 35.5 Å². The van der Waals surface area contributed by atoms with E-state index in [1.165, 1.54) is 0 Å². The monoisotopic (exact) mass is 225 g/mol. The molecule has 4 atom stereocenters. The summed E-state index contributed by atoms with van der Waals surface area (Å²) in [4.78, 5) is 0. The molecule has 0 unspecified atom stereocenters. The molecule has 0 aliphatic heterocycles. The van der Waals surface area contributed by atoms with E-state index in [1.807, 2.05) is 0 Å². The van der Waals surface area contributed by atoms with E-state index in [2.05, 4.69) is 0 Å². The van der Waals surface area contributed by atoms with Crippen molar-refractivity contribution in [2.24, 2.45) is 17.2 Å². The van der Waals surface area contributed by atoms with Gasteiger partial charge < -0.3 is 30.6 Å². The lowest BCUT2D eigenvalue weighted by atomic mass is 9.72. The van der Waals surface area contributed by atoms with Crippen LogP contribution in [0.15, 0.2) is 0 Å². The van der Waals surface area contributed by atoms with Crippen molar-refractivity contribution in [2.45, 2.75) is 35.5 Å². The van der Waals surface area contributed by atoms with E-state index in [1.54, 1.807) is 0 Å². The lowest BCUT2D eigenvalue weighted by Crippen LogP contribution is -2.91. The van der Waals surface area contributed by atoms with Gasteiger partial charge in [-0.3, -0.25) is 17.2 Å². The van der Waals surface area contributed by atoms with Crippen LogP contribution >= 0.6 is 0 Å². The second kappa shape index (κ2) is 3.07. The third kappa shape index (κ3) is 1.30. The van der Waals surface area contributed by atoms with Crippen LogP contribution in [0.5, 0.6) is 0 Å². The van der Waals surface area contributed by atoms with Crippen molar-refractivity contribution in [3.63, 3.8) is 0 Å². The number of aliphatic hydroxyl groups excluding tert-OH is 3. The van der Waals surface area contributed by atoms with Gasteiger partial charge in [0.05, 0.1) is 0 Å². The molecule has 0 aromatic rings. The average Bonchev–Trinajstić information content (AvgIpc) is 2.12. The number of rotatable bonds is 0. The zero-order chi connectivity index (χ0) is 12.2. The van der Waals surface area contributed by atoms with Crippen LogP contribution in [0.3, 0.4) is 0 Å². The van der Waals surface area contributed by atoms with Gasteiger partial charge in [-0.25, -0.2) is 0 Å². The molecule has 15 heavy (non-hydrogen) atoms. The lowest BCUT2D eigenvalue weighted by molar-refractivity contribution is -0.346. The number of aliphatic hydroxyl groups is 6.